The van der Waals surface area contributed by atoms with E-state index in [-0.39, 0.29) is 32.2 Å². The van der Waals surface area contributed by atoms with Crippen LogP contribution in [0.3, 0.4) is 0 Å². The molecule has 0 aromatic carbocycles. The lowest BCUT2D eigenvalue weighted by molar-refractivity contribution is -0.870. The fourth-order valence-corrected chi connectivity index (χ4v) is 9.32. The van der Waals surface area contributed by atoms with Gasteiger partial charge >= 0.3 is 17.9 Å². The van der Waals surface area contributed by atoms with Crippen LogP contribution >= 0.6 is 0 Å². The van der Waals surface area contributed by atoms with E-state index in [0.717, 1.165) is 89.9 Å². The molecule has 0 saturated carbocycles. The van der Waals surface area contributed by atoms with Gasteiger partial charge in [0.2, 0.25) is 0 Å². The summed E-state index contributed by atoms with van der Waals surface area (Å²) in [5, 5.41) is 9.74. The molecule has 0 spiro atoms. The molecular weight excluding hydrogens is 1030 g/mol. The maximum absolute atomic E-state index is 12.9. The molecule has 83 heavy (non-hydrogen) atoms. The number of carbonyl (C=O) groups is 3. The molecule has 2 unspecified atom stereocenters. The lowest BCUT2D eigenvalue weighted by Gasteiger charge is -2.25. The summed E-state index contributed by atoms with van der Waals surface area (Å²) in [6.07, 6.45) is 86.1. The van der Waals surface area contributed by atoms with E-state index in [4.69, 9.17) is 18.9 Å². The van der Waals surface area contributed by atoms with Gasteiger partial charge in [-0.15, -0.1) is 0 Å². The molecule has 0 rings (SSSR count). The molecule has 0 aliphatic rings. The van der Waals surface area contributed by atoms with Gasteiger partial charge in [0.05, 0.1) is 34.4 Å². The Balaban J connectivity index is 4.15. The van der Waals surface area contributed by atoms with Crippen molar-refractivity contribution in [1.29, 1.82) is 0 Å². The number of allylic oxidation sites excluding steroid dienone is 18. The van der Waals surface area contributed by atoms with E-state index in [1.54, 1.807) is 0 Å². The molecule has 9 heteroatoms. The van der Waals surface area contributed by atoms with Crippen molar-refractivity contribution in [2.75, 3.05) is 47.5 Å². The first-order valence-electron chi connectivity index (χ1n) is 34.1. The predicted molar refractivity (Wildman–Crippen MR) is 355 cm³/mol. The summed E-state index contributed by atoms with van der Waals surface area (Å²) in [5.74, 6) is -2.01. The Kier molecular flexibility index (Phi) is 60.8. The topological polar surface area (TPSA) is 108 Å². The van der Waals surface area contributed by atoms with Gasteiger partial charge in [-0.05, 0) is 103 Å². The number of ether oxygens (including phenoxy) is 4. The zero-order chi connectivity index (χ0) is 60.5. The van der Waals surface area contributed by atoms with E-state index in [1.165, 1.54) is 161 Å². The average Bonchev–Trinajstić information content (AvgIpc) is 3.46. The van der Waals surface area contributed by atoms with Gasteiger partial charge < -0.3 is 28.5 Å². The highest BCUT2D eigenvalue weighted by atomic mass is 16.7. The number of carbonyl (C=O) groups excluding carboxylic acids is 2. The monoisotopic (exact) mass is 1160 g/mol. The summed E-state index contributed by atoms with van der Waals surface area (Å²) < 4.78 is 23.0. The molecule has 0 radical (unpaired) electrons. The normalized spacial score (nSPS) is 13.4. The van der Waals surface area contributed by atoms with Crippen molar-refractivity contribution in [3.63, 3.8) is 0 Å². The highest BCUT2D eigenvalue weighted by Gasteiger charge is 2.25. The lowest BCUT2D eigenvalue weighted by Crippen LogP contribution is -2.40. The number of likely N-dealkylation sites (N-methyl/N-ethyl adjacent to an activating group) is 1. The fourth-order valence-electron chi connectivity index (χ4n) is 9.32. The number of quaternary nitrogens is 1. The van der Waals surface area contributed by atoms with E-state index < -0.39 is 24.3 Å². The molecule has 0 aromatic rings. The van der Waals surface area contributed by atoms with Gasteiger partial charge in [-0.2, -0.15) is 0 Å². The maximum Gasteiger partial charge on any atom is 0.361 e. The summed E-state index contributed by atoms with van der Waals surface area (Å²) >= 11 is 0. The molecule has 2 atom stereocenters. The minimum atomic E-state index is -1.52. The smallest absolute Gasteiger partial charge is 0.361 e. The van der Waals surface area contributed by atoms with Gasteiger partial charge in [0, 0.05) is 12.8 Å². The van der Waals surface area contributed by atoms with Crippen LogP contribution in [0, 0.1) is 0 Å². The molecule has 0 saturated heterocycles. The van der Waals surface area contributed by atoms with Crippen molar-refractivity contribution in [2.24, 2.45) is 0 Å². The average molecular weight is 1160 g/mol. The standard InChI is InChI=1S/C74H127NO8/c1-6-8-10-12-14-16-18-20-22-24-26-28-30-31-32-33-34-35-36-37-38-39-40-41-43-45-47-49-51-53-55-57-59-61-63-65-72(77)83-70(69-82-74(73(78)79)80-67-66-75(3,4)5)68-81-71(76)64-62-60-58-56-54-52-50-48-46-44-42-29-27-25-23-21-19-17-15-13-11-9-7-2/h8,10,14,16,19-22,25-28,31-32,34-35,37-38,70,74H,6-7,9,11-13,15,17-18,23-24,29-30,33,36,39-69H2,1-5H3/p+1/b10-8-,16-14-,21-19-,22-20-,27-25-,28-26-,32-31-,35-34-,38-37-. The predicted octanol–water partition coefficient (Wildman–Crippen LogP) is 21.0. The number of esters is 2. The SMILES string of the molecule is CC/C=C\C/C=C\C/C=C\C/C=C\C/C=C\C/C=C\C/C=C\CCCCCCCCCCCCCCCC(=O)OC(COC(=O)CCCCCCCCCCCCC/C=C\C/C=C\CCCCCCC)COC(OCC[N+](C)(C)C)C(=O)O. The second-order valence-electron chi connectivity index (χ2n) is 23.7. The number of hydrogen-bond donors (Lipinski definition) is 1. The van der Waals surface area contributed by atoms with Crippen LogP contribution in [-0.4, -0.2) is 87.4 Å². The van der Waals surface area contributed by atoms with Crippen molar-refractivity contribution in [2.45, 2.75) is 296 Å². The van der Waals surface area contributed by atoms with Gasteiger partial charge in [-0.25, -0.2) is 4.79 Å². The Morgan fingerprint density at radius 2 is 0.687 bits per heavy atom. The zero-order valence-electron chi connectivity index (χ0n) is 54.3. The largest absolute Gasteiger partial charge is 0.477 e. The third kappa shape index (κ3) is 65.3. The van der Waals surface area contributed by atoms with E-state index >= 15 is 0 Å². The van der Waals surface area contributed by atoms with Crippen LogP contribution in [0.15, 0.2) is 109 Å². The van der Waals surface area contributed by atoms with Crippen molar-refractivity contribution >= 4 is 17.9 Å². The number of carboxylic acids is 1. The lowest BCUT2D eigenvalue weighted by atomic mass is 10.0. The summed E-state index contributed by atoms with van der Waals surface area (Å²) in [5.41, 5.74) is 0. The van der Waals surface area contributed by atoms with Gasteiger partial charge in [-0.1, -0.05) is 277 Å². The van der Waals surface area contributed by atoms with Gasteiger partial charge in [0.25, 0.3) is 6.29 Å². The van der Waals surface area contributed by atoms with Crippen LogP contribution < -0.4 is 0 Å². The first-order chi connectivity index (χ1) is 40.6. The Labute approximate surface area is 511 Å². The van der Waals surface area contributed by atoms with Gasteiger partial charge in [-0.3, -0.25) is 9.59 Å². The van der Waals surface area contributed by atoms with E-state index in [9.17, 15) is 19.5 Å². The zero-order valence-corrected chi connectivity index (χ0v) is 54.3. The molecule has 0 aliphatic carbocycles. The van der Waals surface area contributed by atoms with E-state index in [2.05, 4.69) is 123 Å². The molecule has 0 bridgehead atoms. The van der Waals surface area contributed by atoms with Crippen LogP contribution in [0.4, 0.5) is 0 Å². The highest BCUT2D eigenvalue weighted by molar-refractivity contribution is 5.71. The Morgan fingerprint density at radius 1 is 0.373 bits per heavy atom. The van der Waals surface area contributed by atoms with Crippen LogP contribution in [0.5, 0.6) is 0 Å². The number of carboxylic acid groups (broad SMARTS) is 1. The van der Waals surface area contributed by atoms with Crippen LogP contribution in [0.2, 0.25) is 0 Å². The number of nitrogens with zero attached hydrogens (tertiary/aromatic N) is 1. The number of rotatable bonds is 62. The van der Waals surface area contributed by atoms with Gasteiger partial charge in [0.15, 0.2) is 6.10 Å². The molecule has 1 N–H and O–H groups in total. The van der Waals surface area contributed by atoms with E-state index in [1.807, 2.05) is 21.1 Å². The van der Waals surface area contributed by atoms with Crippen LogP contribution in [0.25, 0.3) is 0 Å². The minimum Gasteiger partial charge on any atom is -0.477 e. The molecule has 9 nitrogen and oxygen atoms in total. The summed E-state index contributed by atoms with van der Waals surface area (Å²) in [6.45, 7) is 4.77. The number of unbranched alkanes of at least 4 members (excludes halogenated alkanes) is 29. The van der Waals surface area contributed by atoms with Crippen molar-refractivity contribution in [1.82, 2.24) is 0 Å². The Hall–Kier alpha value is -4.05. The summed E-state index contributed by atoms with van der Waals surface area (Å²) in [7, 11) is 5.97. The third-order valence-corrected chi connectivity index (χ3v) is 14.5. The summed E-state index contributed by atoms with van der Waals surface area (Å²) in [6, 6.07) is 0. The second-order valence-corrected chi connectivity index (χ2v) is 23.7. The summed E-state index contributed by atoms with van der Waals surface area (Å²) in [4.78, 5) is 37.6. The fraction of sp³-hybridized carbons (Fsp3) is 0.716. The maximum atomic E-state index is 12.9. The van der Waals surface area contributed by atoms with Crippen molar-refractivity contribution < 1.29 is 42.9 Å². The minimum absolute atomic E-state index is 0.184. The molecular formula is C74H128NO8+. The quantitative estimate of drug-likeness (QED) is 0.0211. The number of aliphatic carboxylic acids is 1. The van der Waals surface area contributed by atoms with Crippen LogP contribution in [-0.2, 0) is 33.3 Å². The molecule has 0 heterocycles. The molecule has 0 aromatic heterocycles. The first kappa shape index (κ1) is 79.0. The Morgan fingerprint density at radius 3 is 1.02 bits per heavy atom. The van der Waals surface area contributed by atoms with Crippen LogP contribution in [0.1, 0.15) is 284 Å². The van der Waals surface area contributed by atoms with Crippen molar-refractivity contribution in [3.05, 3.63) is 109 Å². The third-order valence-electron chi connectivity index (χ3n) is 14.5. The second kappa shape index (κ2) is 64.0. The Bertz CT molecular complexity index is 1730. The van der Waals surface area contributed by atoms with Crippen molar-refractivity contribution in [3.8, 4) is 0 Å². The van der Waals surface area contributed by atoms with E-state index in [0.29, 0.717) is 23.9 Å². The molecule has 0 aliphatic heterocycles. The molecule has 0 amide bonds. The molecule has 0 fully saturated rings. The van der Waals surface area contributed by atoms with Gasteiger partial charge in [0.1, 0.15) is 13.2 Å². The first-order valence-corrected chi connectivity index (χ1v) is 34.1. The highest BCUT2D eigenvalue weighted by Crippen LogP contribution is 2.17. The number of hydrogen-bond acceptors (Lipinski definition) is 7. The molecule has 476 valence electrons.